The second-order valence-corrected chi connectivity index (χ2v) is 7.11. The molecule has 2 aromatic rings. The highest BCUT2D eigenvalue weighted by molar-refractivity contribution is 7.91. The van der Waals surface area contributed by atoms with E-state index in [1.54, 1.807) is 19.1 Å². The summed E-state index contributed by atoms with van der Waals surface area (Å²) in [4.78, 5) is 0.833. The number of rotatable bonds is 6. The van der Waals surface area contributed by atoms with Gasteiger partial charge in [0.2, 0.25) is 10.0 Å². The van der Waals surface area contributed by atoms with Gasteiger partial charge in [-0.1, -0.05) is 5.16 Å². The van der Waals surface area contributed by atoms with Gasteiger partial charge in [0.25, 0.3) is 0 Å². The van der Waals surface area contributed by atoms with Gasteiger partial charge in [0, 0.05) is 24.0 Å². The number of aliphatic hydroxyl groups is 1. The van der Waals surface area contributed by atoms with Crippen LogP contribution in [0, 0.1) is 6.92 Å². The van der Waals surface area contributed by atoms with Gasteiger partial charge in [-0.25, -0.2) is 13.1 Å². The second-order valence-electron chi connectivity index (χ2n) is 3.95. The molecule has 104 valence electrons. The van der Waals surface area contributed by atoms with Gasteiger partial charge in [0.1, 0.15) is 9.97 Å². The van der Waals surface area contributed by atoms with Crippen molar-refractivity contribution in [3.8, 4) is 0 Å². The normalized spacial score (nSPS) is 11.9. The van der Waals surface area contributed by atoms with Crippen molar-refractivity contribution < 1.29 is 18.0 Å². The fraction of sp³-hybridized carbons (Fsp3) is 0.364. The molecule has 0 saturated carbocycles. The minimum atomic E-state index is -3.54. The maximum absolute atomic E-state index is 12.0. The number of thiophene rings is 1. The standard InChI is InChI=1S/C11H14N2O4S2/c1-8-6-9(13-17-8)7-12-19(15,16)11-3-2-10(18-11)4-5-14/h2-3,6,12,14H,4-5,7H2,1H3. The topological polar surface area (TPSA) is 92.4 Å². The third-order valence-electron chi connectivity index (χ3n) is 2.38. The molecule has 0 fully saturated rings. The van der Waals surface area contributed by atoms with E-state index in [1.165, 1.54) is 6.07 Å². The van der Waals surface area contributed by atoms with Crippen molar-refractivity contribution in [3.05, 3.63) is 34.5 Å². The van der Waals surface area contributed by atoms with Crippen molar-refractivity contribution in [1.29, 1.82) is 0 Å². The number of nitrogens with one attached hydrogen (secondary N) is 1. The Morgan fingerprint density at radius 2 is 2.26 bits per heavy atom. The summed E-state index contributed by atoms with van der Waals surface area (Å²) in [5, 5.41) is 12.5. The Morgan fingerprint density at radius 1 is 1.47 bits per heavy atom. The zero-order chi connectivity index (χ0) is 13.9. The predicted molar refractivity (Wildman–Crippen MR) is 70.4 cm³/mol. The number of aromatic nitrogens is 1. The molecule has 2 aromatic heterocycles. The molecule has 0 aliphatic rings. The Bertz CT molecular complexity index is 645. The minimum absolute atomic E-state index is 0.00560. The number of aryl methyl sites for hydroxylation is 1. The van der Waals surface area contributed by atoms with Crippen LogP contribution in [-0.4, -0.2) is 25.3 Å². The highest BCUT2D eigenvalue weighted by atomic mass is 32.2. The average molecular weight is 302 g/mol. The van der Waals surface area contributed by atoms with E-state index in [1.807, 2.05) is 0 Å². The first-order chi connectivity index (χ1) is 9.01. The van der Waals surface area contributed by atoms with Crippen LogP contribution in [0.1, 0.15) is 16.3 Å². The lowest BCUT2D eigenvalue weighted by Crippen LogP contribution is -2.22. The minimum Gasteiger partial charge on any atom is -0.396 e. The molecule has 8 heteroatoms. The monoisotopic (exact) mass is 302 g/mol. The van der Waals surface area contributed by atoms with E-state index in [2.05, 4.69) is 9.88 Å². The van der Waals surface area contributed by atoms with E-state index in [9.17, 15) is 8.42 Å². The highest BCUT2D eigenvalue weighted by Crippen LogP contribution is 2.21. The van der Waals surface area contributed by atoms with Crippen LogP contribution in [0.2, 0.25) is 0 Å². The van der Waals surface area contributed by atoms with Crippen LogP contribution in [0.4, 0.5) is 0 Å². The summed E-state index contributed by atoms with van der Waals surface area (Å²) in [7, 11) is -3.54. The van der Waals surface area contributed by atoms with Gasteiger partial charge in [-0.2, -0.15) is 0 Å². The van der Waals surface area contributed by atoms with Gasteiger partial charge < -0.3 is 9.63 Å². The van der Waals surface area contributed by atoms with Gasteiger partial charge in [-0.05, 0) is 19.1 Å². The summed E-state index contributed by atoms with van der Waals surface area (Å²) >= 11 is 1.15. The fourth-order valence-corrected chi connectivity index (χ4v) is 3.88. The smallest absolute Gasteiger partial charge is 0.250 e. The van der Waals surface area contributed by atoms with Crippen molar-refractivity contribution in [2.75, 3.05) is 6.61 Å². The summed E-state index contributed by atoms with van der Waals surface area (Å²) < 4.78 is 31.6. The maximum Gasteiger partial charge on any atom is 0.250 e. The van der Waals surface area contributed by atoms with E-state index in [0.29, 0.717) is 17.9 Å². The molecule has 0 aliphatic heterocycles. The van der Waals surface area contributed by atoms with Crippen LogP contribution >= 0.6 is 11.3 Å². The van der Waals surface area contributed by atoms with Crippen LogP contribution in [0.5, 0.6) is 0 Å². The summed E-state index contributed by atoms with van der Waals surface area (Å²) in [6.07, 6.45) is 0.461. The van der Waals surface area contributed by atoms with Gasteiger partial charge in [-0.3, -0.25) is 0 Å². The Labute approximate surface area is 115 Å². The van der Waals surface area contributed by atoms with Crippen molar-refractivity contribution in [1.82, 2.24) is 9.88 Å². The molecule has 0 aromatic carbocycles. The SMILES string of the molecule is Cc1cc(CNS(=O)(=O)c2ccc(CCO)s2)no1. The predicted octanol–water partition coefficient (Wildman–Crippen LogP) is 1.06. The first kappa shape index (κ1) is 14.2. The lowest BCUT2D eigenvalue weighted by Gasteiger charge is -2.01. The van der Waals surface area contributed by atoms with E-state index in [-0.39, 0.29) is 17.4 Å². The van der Waals surface area contributed by atoms with E-state index in [0.717, 1.165) is 16.2 Å². The van der Waals surface area contributed by atoms with Gasteiger partial charge in [-0.15, -0.1) is 11.3 Å². The Hall–Kier alpha value is -1.22. The Balaban J connectivity index is 2.04. The third-order valence-corrected chi connectivity index (χ3v) is 5.42. The van der Waals surface area contributed by atoms with Crippen molar-refractivity contribution >= 4 is 21.4 Å². The van der Waals surface area contributed by atoms with E-state index < -0.39 is 10.0 Å². The first-order valence-electron chi connectivity index (χ1n) is 5.63. The highest BCUT2D eigenvalue weighted by Gasteiger charge is 2.17. The molecule has 2 N–H and O–H groups in total. The Morgan fingerprint density at radius 3 is 2.89 bits per heavy atom. The second kappa shape index (κ2) is 5.83. The number of hydrogen-bond acceptors (Lipinski definition) is 6. The summed E-state index contributed by atoms with van der Waals surface area (Å²) in [6.45, 7) is 1.84. The molecule has 6 nitrogen and oxygen atoms in total. The molecule has 0 amide bonds. The molecule has 0 bridgehead atoms. The number of sulfonamides is 1. The number of hydrogen-bond donors (Lipinski definition) is 2. The molecule has 0 saturated heterocycles. The van der Waals surface area contributed by atoms with Crippen molar-refractivity contribution in [2.45, 2.75) is 24.1 Å². The Kier molecular flexibility index (Phi) is 4.35. The molecule has 0 spiro atoms. The van der Waals surface area contributed by atoms with E-state index >= 15 is 0 Å². The molecular weight excluding hydrogens is 288 g/mol. The van der Waals surface area contributed by atoms with Crippen LogP contribution in [-0.2, 0) is 23.0 Å². The first-order valence-corrected chi connectivity index (χ1v) is 7.92. The largest absolute Gasteiger partial charge is 0.396 e. The summed E-state index contributed by atoms with van der Waals surface area (Å²) in [5.74, 6) is 0.635. The lowest BCUT2D eigenvalue weighted by molar-refractivity contribution is 0.300. The fourth-order valence-electron chi connectivity index (χ4n) is 1.49. The molecule has 0 radical (unpaired) electrons. The van der Waals surface area contributed by atoms with Gasteiger partial charge in [0.05, 0.1) is 12.2 Å². The molecule has 0 aliphatic carbocycles. The molecule has 0 unspecified atom stereocenters. The molecule has 0 atom stereocenters. The number of aliphatic hydroxyl groups excluding tert-OH is 1. The van der Waals surface area contributed by atoms with Crippen molar-refractivity contribution in [2.24, 2.45) is 0 Å². The van der Waals surface area contributed by atoms with Gasteiger partial charge >= 0.3 is 0 Å². The van der Waals surface area contributed by atoms with Crippen LogP contribution in [0.25, 0.3) is 0 Å². The molecule has 2 rings (SSSR count). The average Bonchev–Trinajstić information content (AvgIpc) is 2.97. The molecule has 19 heavy (non-hydrogen) atoms. The zero-order valence-corrected chi connectivity index (χ0v) is 11.9. The quantitative estimate of drug-likeness (QED) is 0.832. The molecular formula is C11H14N2O4S2. The van der Waals surface area contributed by atoms with Gasteiger partial charge in [0.15, 0.2) is 0 Å². The molecule has 2 heterocycles. The summed E-state index contributed by atoms with van der Waals surface area (Å²) in [6, 6.07) is 4.91. The van der Waals surface area contributed by atoms with Crippen LogP contribution < -0.4 is 4.72 Å². The van der Waals surface area contributed by atoms with Crippen LogP contribution in [0.3, 0.4) is 0 Å². The third kappa shape index (κ3) is 3.63. The summed E-state index contributed by atoms with van der Waals surface area (Å²) in [5.41, 5.74) is 0.535. The number of nitrogens with zero attached hydrogens (tertiary/aromatic N) is 1. The zero-order valence-electron chi connectivity index (χ0n) is 10.3. The van der Waals surface area contributed by atoms with Crippen LogP contribution in [0.15, 0.2) is 26.9 Å². The van der Waals surface area contributed by atoms with Crippen molar-refractivity contribution in [3.63, 3.8) is 0 Å². The lowest BCUT2D eigenvalue weighted by atomic mass is 10.4. The van der Waals surface area contributed by atoms with E-state index in [4.69, 9.17) is 9.63 Å². The maximum atomic E-state index is 12.0.